The van der Waals surface area contributed by atoms with Crippen molar-refractivity contribution >= 4 is 10.0 Å². The van der Waals surface area contributed by atoms with Gasteiger partial charge in [0.15, 0.2) is 5.82 Å². The molecule has 0 N–H and O–H groups in total. The second kappa shape index (κ2) is 8.90. The van der Waals surface area contributed by atoms with Crippen molar-refractivity contribution in [2.45, 2.75) is 18.4 Å². The Balaban J connectivity index is 1.40. The number of tetrazole rings is 1. The maximum atomic E-state index is 12.8. The summed E-state index contributed by atoms with van der Waals surface area (Å²) in [4.78, 5) is 2.49. The first kappa shape index (κ1) is 20.5. The molecule has 0 unspecified atom stereocenters. The molecule has 0 amide bonds. The molecule has 0 bridgehead atoms. The summed E-state index contributed by atoms with van der Waals surface area (Å²) >= 11 is 0. The number of nitrogens with zero attached hydrogens (tertiary/aromatic N) is 6. The van der Waals surface area contributed by atoms with Gasteiger partial charge in [0, 0.05) is 26.2 Å². The van der Waals surface area contributed by atoms with Crippen LogP contribution in [0.3, 0.4) is 0 Å². The topological polar surface area (TPSA) is 93.4 Å². The van der Waals surface area contributed by atoms with Crippen molar-refractivity contribution in [1.29, 1.82) is 0 Å². The van der Waals surface area contributed by atoms with E-state index >= 15 is 0 Å². The lowest BCUT2D eigenvalue weighted by Crippen LogP contribution is -2.48. The molecule has 1 fully saturated rings. The van der Waals surface area contributed by atoms with Crippen LogP contribution in [0.25, 0.3) is 5.69 Å². The van der Waals surface area contributed by atoms with Crippen LogP contribution in [0.15, 0.2) is 59.5 Å². The highest BCUT2D eigenvalue weighted by Crippen LogP contribution is 2.19. The zero-order valence-corrected chi connectivity index (χ0v) is 17.6. The Labute approximate surface area is 175 Å². The molecule has 2 heterocycles. The zero-order valence-electron chi connectivity index (χ0n) is 16.8. The third-order valence-electron chi connectivity index (χ3n) is 5.00. The predicted octanol–water partition coefficient (Wildman–Crippen LogP) is 1.57. The van der Waals surface area contributed by atoms with Gasteiger partial charge in [-0.3, -0.25) is 4.90 Å². The molecule has 9 nitrogen and oxygen atoms in total. The highest BCUT2D eigenvalue weighted by Gasteiger charge is 2.29. The largest absolute Gasteiger partial charge is 0.494 e. The van der Waals surface area contributed by atoms with Crippen LogP contribution in [0.4, 0.5) is 0 Å². The first-order chi connectivity index (χ1) is 14.6. The Morgan fingerprint density at radius 3 is 2.33 bits per heavy atom. The average molecular weight is 429 g/mol. The summed E-state index contributed by atoms with van der Waals surface area (Å²) in [6.07, 6.45) is 0. The van der Waals surface area contributed by atoms with Gasteiger partial charge in [-0.1, -0.05) is 18.2 Å². The van der Waals surface area contributed by atoms with E-state index in [1.807, 2.05) is 37.3 Å². The summed E-state index contributed by atoms with van der Waals surface area (Å²) < 4.78 is 34.3. The summed E-state index contributed by atoms with van der Waals surface area (Å²) in [6, 6.07) is 16.2. The number of hydrogen-bond acceptors (Lipinski definition) is 7. The lowest BCUT2D eigenvalue weighted by atomic mass is 10.3. The maximum Gasteiger partial charge on any atom is 0.243 e. The van der Waals surface area contributed by atoms with Gasteiger partial charge in [0.1, 0.15) is 5.75 Å². The van der Waals surface area contributed by atoms with Gasteiger partial charge >= 0.3 is 0 Å². The van der Waals surface area contributed by atoms with Gasteiger partial charge in [0.25, 0.3) is 0 Å². The fourth-order valence-electron chi connectivity index (χ4n) is 3.42. The molecule has 0 spiro atoms. The molecule has 4 rings (SSSR count). The van der Waals surface area contributed by atoms with Gasteiger partial charge in [-0.15, -0.1) is 5.10 Å². The fourth-order valence-corrected chi connectivity index (χ4v) is 4.87. The Hall–Kier alpha value is -2.82. The van der Waals surface area contributed by atoms with E-state index < -0.39 is 10.0 Å². The van der Waals surface area contributed by atoms with E-state index in [1.165, 1.54) is 4.31 Å². The molecule has 0 saturated carbocycles. The number of ether oxygens (including phenoxy) is 1. The first-order valence-electron chi connectivity index (χ1n) is 9.86. The molecule has 0 atom stereocenters. The smallest absolute Gasteiger partial charge is 0.243 e. The first-order valence-corrected chi connectivity index (χ1v) is 11.3. The van der Waals surface area contributed by atoms with E-state index in [2.05, 4.69) is 20.4 Å². The molecular weight excluding hydrogens is 404 g/mol. The highest BCUT2D eigenvalue weighted by atomic mass is 32.2. The Kier molecular flexibility index (Phi) is 6.07. The average Bonchev–Trinajstić information content (AvgIpc) is 3.24. The SMILES string of the molecule is CCOc1ccc(-n2nnnc2CN2CCN(S(=O)(=O)c3ccccc3)CC2)cc1. The maximum absolute atomic E-state index is 12.8. The van der Waals surface area contributed by atoms with E-state index in [-0.39, 0.29) is 0 Å². The second-order valence-electron chi connectivity index (χ2n) is 6.93. The molecule has 158 valence electrons. The van der Waals surface area contributed by atoms with Crippen LogP contribution in [-0.4, -0.2) is 70.6 Å². The molecule has 2 aromatic carbocycles. The van der Waals surface area contributed by atoms with Crippen molar-refractivity contribution in [3.63, 3.8) is 0 Å². The number of hydrogen-bond donors (Lipinski definition) is 0. The van der Waals surface area contributed by atoms with E-state index in [4.69, 9.17) is 4.74 Å². The number of rotatable bonds is 7. The van der Waals surface area contributed by atoms with E-state index in [9.17, 15) is 8.42 Å². The van der Waals surface area contributed by atoms with Crippen LogP contribution in [-0.2, 0) is 16.6 Å². The van der Waals surface area contributed by atoms with Crippen LogP contribution in [0.2, 0.25) is 0 Å². The summed E-state index contributed by atoms with van der Waals surface area (Å²) in [5, 5.41) is 12.1. The van der Waals surface area contributed by atoms with Gasteiger partial charge in [-0.05, 0) is 53.7 Å². The third-order valence-corrected chi connectivity index (χ3v) is 6.92. The van der Waals surface area contributed by atoms with Crippen LogP contribution in [0, 0.1) is 0 Å². The Bertz CT molecular complexity index is 1060. The molecular formula is C20H24N6O3S. The van der Waals surface area contributed by atoms with Crippen molar-refractivity contribution in [3.8, 4) is 11.4 Å². The summed E-state index contributed by atoms with van der Waals surface area (Å²) in [5.74, 6) is 1.50. The van der Waals surface area contributed by atoms with Gasteiger partial charge in [0.2, 0.25) is 10.0 Å². The predicted molar refractivity (Wildman–Crippen MR) is 111 cm³/mol. The lowest BCUT2D eigenvalue weighted by molar-refractivity contribution is 0.177. The third kappa shape index (κ3) is 4.35. The summed E-state index contributed by atoms with van der Waals surface area (Å²) in [6.45, 7) is 5.19. The van der Waals surface area contributed by atoms with Crippen molar-refractivity contribution in [2.75, 3.05) is 32.8 Å². The normalized spacial score (nSPS) is 15.9. The molecule has 30 heavy (non-hydrogen) atoms. The van der Waals surface area contributed by atoms with Gasteiger partial charge in [-0.2, -0.15) is 8.99 Å². The second-order valence-corrected chi connectivity index (χ2v) is 8.87. The minimum atomic E-state index is -3.46. The summed E-state index contributed by atoms with van der Waals surface area (Å²) in [7, 11) is -3.46. The molecule has 1 aromatic heterocycles. The quantitative estimate of drug-likeness (QED) is 0.564. The highest BCUT2D eigenvalue weighted by molar-refractivity contribution is 7.89. The minimum Gasteiger partial charge on any atom is -0.494 e. The molecule has 0 radical (unpaired) electrons. The molecule has 1 aliphatic rings. The van der Waals surface area contributed by atoms with Crippen LogP contribution in [0.1, 0.15) is 12.7 Å². The van der Waals surface area contributed by atoms with Gasteiger partial charge in [0.05, 0.1) is 23.7 Å². The number of aromatic nitrogens is 4. The van der Waals surface area contributed by atoms with E-state index in [1.54, 1.807) is 28.9 Å². The molecule has 1 saturated heterocycles. The molecule has 1 aliphatic heterocycles. The van der Waals surface area contributed by atoms with Crippen molar-refractivity contribution in [2.24, 2.45) is 0 Å². The minimum absolute atomic E-state index is 0.331. The van der Waals surface area contributed by atoms with Gasteiger partial charge < -0.3 is 4.74 Å². The van der Waals surface area contributed by atoms with Crippen LogP contribution in [0.5, 0.6) is 5.75 Å². The van der Waals surface area contributed by atoms with Crippen molar-refractivity contribution in [3.05, 3.63) is 60.4 Å². The van der Waals surface area contributed by atoms with E-state index in [0.717, 1.165) is 11.4 Å². The fraction of sp³-hybridized carbons (Fsp3) is 0.350. The van der Waals surface area contributed by atoms with E-state index in [0.29, 0.717) is 50.1 Å². The Morgan fingerprint density at radius 2 is 1.67 bits per heavy atom. The van der Waals surface area contributed by atoms with Crippen molar-refractivity contribution in [1.82, 2.24) is 29.4 Å². The monoisotopic (exact) mass is 428 g/mol. The number of benzene rings is 2. The van der Waals surface area contributed by atoms with Crippen molar-refractivity contribution < 1.29 is 13.2 Å². The molecule has 10 heteroatoms. The standard InChI is InChI=1S/C20H24N6O3S/c1-2-29-18-10-8-17(9-11-18)26-20(21-22-23-26)16-24-12-14-25(15-13-24)30(27,28)19-6-4-3-5-7-19/h3-11H,2,12-16H2,1H3. The number of piperazine rings is 1. The number of sulfonamides is 1. The van der Waals surface area contributed by atoms with Crippen LogP contribution >= 0.6 is 0 Å². The van der Waals surface area contributed by atoms with Crippen LogP contribution < -0.4 is 4.74 Å². The Morgan fingerprint density at radius 1 is 0.967 bits per heavy atom. The molecule has 0 aliphatic carbocycles. The summed E-state index contributed by atoms with van der Waals surface area (Å²) in [5.41, 5.74) is 0.851. The van der Waals surface area contributed by atoms with Gasteiger partial charge in [-0.25, -0.2) is 8.42 Å². The molecule has 3 aromatic rings. The zero-order chi connectivity index (χ0) is 21.0. The lowest BCUT2D eigenvalue weighted by Gasteiger charge is -2.33.